The molecule has 4 aliphatic rings. The van der Waals surface area contributed by atoms with Gasteiger partial charge in [0.1, 0.15) is 5.75 Å². The second-order valence-corrected chi connectivity index (χ2v) is 12.0. The summed E-state index contributed by atoms with van der Waals surface area (Å²) in [5.41, 5.74) is 3.12. The molecule has 1 heterocycles. The molecule has 4 atom stereocenters. The molecule has 1 fully saturated rings. The Morgan fingerprint density at radius 1 is 1.00 bits per heavy atom. The summed E-state index contributed by atoms with van der Waals surface area (Å²) < 4.78 is 0.999. The minimum Gasteiger partial charge on any atom is -0.507 e. The van der Waals surface area contributed by atoms with Crippen LogP contribution in [0.4, 0.5) is 5.69 Å². The van der Waals surface area contributed by atoms with Crippen molar-refractivity contribution in [3.8, 4) is 5.75 Å². The normalized spacial score (nSPS) is 26.2. The maximum Gasteiger partial charge on any atom is 0.238 e. The van der Waals surface area contributed by atoms with Gasteiger partial charge in [0.15, 0.2) is 11.6 Å². The van der Waals surface area contributed by atoms with Gasteiger partial charge in [0.25, 0.3) is 0 Å². The number of hydrogen-bond donors (Lipinski definition) is 1. The van der Waals surface area contributed by atoms with Crippen LogP contribution >= 0.6 is 31.9 Å². The van der Waals surface area contributed by atoms with Gasteiger partial charge in [-0.25, -0.2) is 0 Å². The van der Waals surface area contributed by atoms with Crippen LogP contribution in [0.15, 0.2) is 92.9 Å². The number of anilines is 1. The van der Waals surface area contributed by atoms with Crippen molar-refractivity contribution in [1.82, 2.24) is 0 Å². The molecular formula is C31H23Br2NO5. The van der Waals surface area contributed by atoms with Gasteiger partial charge in [-0.15, -0.1) is 6.58 Å². The van der Waals surface area contributed by atoms with Crippen LogP contribution in [0, 0.1) is 17.8 Å². The van der Waals surface area contributed by atoms with Gasteiger partial charge in [0.2, 0.25) is 11.8 Å². The van der Waals surface area contributed by atoms with Crippen molar-refractivity contribution >= 4 is 60.9 Å². The van der Waals surface area contributed by atoms with Gasteiger partial charge in [-0.05, 0) is 70.9 Å². The van der Waals surface area contributed by atoms with Crippen LogP contribution in [0.3, 0.4) is 0 Å². The Hall–Kier alpha value is -3.36. The number of fused-ring (bicyclic) bond motifs is 3. The van der Waals surface area contributed by atoms with Gasteiger partial charge >= 0.3 is 0 Å². The number of para-hydroxylation sites is 1. The molecule has 0 bridgehead atoms. The average Bonchev–Trinajstić information content (AvgIpc) is 3.18. The Morgan fingerprint density at radius 3 is 2.46 bits per heavy atom. The standard InChI is InChI=1S/C31H23Br2NO5/c1-2-4-15-5-3-6-19(28(15)36)25-18-11-12-20-26(21(18)13-22-27(25)24(35)14-23(33)29(22)37)31(39)34(30(20)38)17-9-7-16(32)8-10-17/h2-3,5-11,14,20-21,25-26,36H,1,4,12-13H2. The fourth-order valence-electron chi connectivity index (χ4n) is 6.57. The molecule has 2 aromatic carbocycles. The van der Waals surface area contributed by atoms with Gasteiger partial charge < -0.3 is 5.11 Å². The lowest BCUT2D eigenvalue weighted by atomic mass is 9.59. The first-order valence-corrected chi connectivity index (χ1v) is 14.3. The van der Waals surface area contributed by atoms with E-state index in [2.05, 4.69) is 38.4 Å². The monoisotopic (exact) mass is 647 g/mol. The van der Waals surface area contributed by atoms with Crippen molar-refractivity contribution in [3.05, 3.63) is 104 Å². The van der Waals surface area contributed by atoms with E-state index in [1.54, 1.807) is 42.5 Å². The fraction of sp³-hybridized carbons (Fsp3) is 0.226. The molecule has 0 radical (unpaired) electrons. The van der Waals surface area contributed by atoms with E-state index in [-0.39, 0.29) is 40.0 Å². The summed E-state index contributed by atoms with van der Waals surface area (Å²) in [4.78, 5) is 55.5. The van der Waals surface area contributed by atoms with Crippen LogP contribution in [0.1, 0.15) is 29.9 Å². The summed E-state index contributed by atoms with van der Waals surface area (Å²) in [7, 11) is 0. The number of benzene rings is 2. The number of Topliss-reactive ketones (excluding diaryl/α,β-unsaturated/α-hetero) is 1. The Morgan fingerprint density at radius 2 is 1.74 bits per heavy atom. The molecule has 8 heteroatoms. The minimum atomic E-state index is -0.706. The largest absolute Gasteiger partial charge is 0.507 e. The van der Waals surface area contributed by atoms with E-state index in [0.29, 0.717) is 40.8 Å². The molecule has 4 unspecified atom stereocenters. The number of allylic oxidation sites excluding steroid dienone is 7. The Balaban J connectivity index is 1.50. The van der Waals surface area contributed by atoms with Crippen molar-refractivity contribution in [3.63, 3.8) is 0 Å². The lowest BCUT2D eigenvalue weighted by molar-refractivity contribution is -0.123. The zero-order valence-corrected chi connectivity index (χ0v) is 23.9. The summed E-state index contributed by atoms with van der Waals surface area (Å²) in [5, 5.41) is 11.3. The number of halogens is 2. The van der Waals surface area contributed by atoms with Crippen LogP contribution in [0.2, 0.25) is 0 Å². The van der Waals surface area contributed by atoms with Crippen LogP contribution in [-0.4, -0.2) is 28.5 Å². The quantitative estimate of drug-likeness (QED) is 0.255. The Kier molecular flexibility index (Phi) is 6.43. The van der Waals surface area contributed by atoms with Crippen molar-refractivity contribution in [1.29, 1.82) is 0 Å². The SMILES string of the molecule is C=CCc1cccc(C2C3=CCC4C(=O)N(c5ccc(Br)cc5)C(=O)C4C3CC3=C2C(=O)C=C(Br)C3=O)c1O. The third-order valence-corrected chi connectivity index (χ3v) is 9.36. The molecule has 196 valence electrons. The van der Waals surface area contributed by atoms with E-state index in [1.807, 2.05) is 12.1 Å². The van der Waals surface area contributed by atoms with Crippen LogP contribution in [0.25, 0.3) is 0 Å². The summed E-state index contributed by atoms with van der Waals surface area (Å²) in [5.74, 6) is -3.56. The number of ketones is 2. The summed E-state index contributed by atoms with van der Waals surface area (Å²) >= 11 is 6.63. The molecular weight excluding hydrogens is 626 g/mol. The van der Waals surface area contributed by atoms with Crippen molar-refractivity contribution in [2.75, 3.05) is 4.90 Å². The first-order chi connectivity index (χ1) is 18.7. The second kappa shape index (κ2) is 9.68. The number of hydrogen-bond acceptors (Lipinski definition) is 5. The third kappa shape index (κ3) is 3.95. The third-order valence-electron chi connectivity index (χ3n) is 8.24. The zero-order valence-electron chi connectivity index (χ0n) is 20.7. The van der Waals surface area contributed by atoms with E-state index in [9.17, 15) is 24.3 Å². The lowest BCUT2D eigenvalue weighted by Gasteiger charge is -2.42. The number of imide groups is 1. The predicted octanol–water partition coefficient (Wildman–Crippen LogP) is 5.85. The van der Waals surface area contributed by atoms with E-state index in [1.165, 1.54) is 11.0 Å². The molecule has 3 aliphatic carbocycles. The number of carbonyl (C=O) groups is 4. The molecule has 0 saturated carbocycles. The number of nitrogens with zero attached hydrogens (tertiary/aromatic N) is 1. The molecule has 6 nitrogen and oxygen atoms in total. The summed E-state index contributed by atoms with van der Waals surface area (Å²) in [6.45, 7) is 3.77. The van der Waals surface area contributed by atoms with Gasteiger partial charge in [-0.1, -0.05) is 51.9 Å². The highest BCUT2D eigenvalue weighted by atomic mass is 79.9. The molecule has 2 amide bonds. The van der Waals surface area contributed by atoms with Gasteiger partial charge in [0.05, 0.1) is 22.0 Å². The van der Waals surface area contributed by atoms with Crippen molar-refractivity contribution in [2.45, 2.75) is 25.2 Å². The van der Waals surface area contributed by atoms with Gasteiger partial charge in [0, 0.05) is 33.2 Å². The number of phenols is 1. The molecule has 1 aliphatic heterocycles. The van der Waals surface area contributed by atoms with Gasteiger partial charge in [-0.2, -0.15) is 0 Å². The van der Waals surface area contributed by atoms with Crippen molar-refractivity contribution in [2.24, 2.45) is 17.8 Å². The van der Waals surface area contributed by atoms with Crippen LogP contribution in [0.5, 0.6) is 5.75 Å². The molecule has 1 N–H and O–H groups in total. The maximum atomic E-state index is 13.9. The van der Waals surface area contributed by atoms with Gasteiger partial charge in [-0.3, -0.25) is 24.1 Å². The topological polar surface area (TPSA) is 91.8 Å². The molecule has 2 aromatic rings. The number of rotatable bonds is 4. The minimum absolute atomic E-state index is 0.0390. The summed E-state index contributed by atoms with van der Waals surface area (Å²) in [6.07, 6.45) is 5.85. The molecule has 6 rings (SSSR count). The van der Waals surface area contributed by atoms with E-state index < -0.39 is 23.7 Å². The second-order valence-electron chi connectivity index (χ2n) is 10.2. The highest BCUT2D eigenvalue weighted by molar-refractivity contribution is 9.12. The highest BCUT2D eigenvalue weighted by Crippen LogP contribution is 2.56. The number of carbonyl (C=O) groups excluding carboxylic acids is 4. The summed E-state index contributed by atoms with van der Waals surface area (Å²) in [6, 6.07) is 12.4. The molecule has 39 heavy (non-hydrogen) atoms. The average molecular weight is 649 g/mol. The molecule has 1 saturated heterocycles. The van der Waals surface area contributed by atoms with Crippen LogP contribution in [-0.2, 0) is 25.6 Å². The highest BCUT2D eigenvalue weighted by Gasteiger charge is 2.56. The first kappa shape index (κ1) is 25.9. The predicted molar refractivity (Wildman–Crippen MR) is 153 cm³/mol. The van der Waals surface area contributed by atoms with E-state index in [0.717, 1.165) is 10.0 Å². The van der Waals surface area contributed by atoms with Crippen LogP contribution < -0.4 is 4.90 Å². The Labute approximate surface area is 242 Å². The first-order valence-electron chi connectivity index (χ1n) is 12.7. The number of amides is 2. The molecule has 0 aromatic heterocycles. The zero-order chi connectivity index (χ0) is 27.6. The Bertz CT molecular complexity index is 1580. The van der Waals surface area contributed by atoms with E-state index in [4.69, 9.17) is 0 Å². The smallest absolute Gasteiger partial charge is 0.238 e. The number of aromatic hydroxyl groups is 1. The maximum absolute atomic E-state index is 13.9. The molecule has 0 spiro atoms. The van der Waals surface area contributed by atoms with E-state index >= 15 is 0 Å². The lowest BCUT2D eigenvalue weighted by Crippen LogP contribution is -2.39. The fourth-order valence-corrected chi connectivity index (χ4v) is 7.28. The number of phenolic OH excluding ortho intramolecular Hbond substituents is 1. The van der Waals surface area contributed by atoms with Crippen molar-refractivity contribution < 1.29 is 24.3 Å².